The van der Waals surface area contributed by atoms with Crippen molar-refractivity contribution in [2.75, 3.05) is 12.8 Å². The van der Waals surface area contributed by atoms with Gasteiger partial charge in [0, 0.05) is 16.8 Å². The third-order valence-electron chi connectivity index (χ3n) is 2.47. The molecule has 0 aliphatic rings. The van der Waals surface area contributed by atoms with Crippen LogP contribution in [0.25, 0.3) is 0 Å². The van der Waals surface area contributed by atoms with E-state index >= 15 is 0 Å². The maximum Gasteiger partial charge on any atom is 0.169 e. The quantitative estimate of drug-likeness (QED) is 0.869. The maximum atomic E-state index is 9.05. The summed E-state index contributed by atoms with van der Waals surface area (Å²) in [4.78, 5) is 0. The number of anilines is 1. The van der Waals surface area contributed by atoms with E-state index in [1.807, 2.05) is 6.07 Å². The number of nitrogens with zero attached hydrogens (tertiary/aromatic N) is 1. The van der Waals surface area contributed by atoms with Gasteiger partial charge >= 0.3 is 0 Å². The van der Waals surface area contributed by atoms with E-state index in [9.17, 15) is 0 Å². The number of nitriles is 1. The van der Waals surface area contributed by atoms with Crippen molar-refractivity contribution in [3.05, 3.63) is 47.0 Å². The molecule has 2 N–H and O–H groups in total. The number of ether oxygens (including phenoxy) is 2. The molecule has 0 heterocycles. The highest BCUT2D eigenvalue weighted by atomic mass is 35.5. The van der Waals surface area contributed by atoms with Gasteiger partial charge in [0.05, 0.1) is 12.7 Å². The second kappa shape index (κ2) is 5.51. The fourth-order valence-corrected chi connectivity index (χ4v) is 1.74. The van der Waals surface area contributed by atoms with Crippen LogP contribution in [0, 0.1) is 11.3 Å². The molecule has 96 valence electrons. The van der Waals surface area contributed by atoms with Crippen LogP contribution in [-0.4, -0.2) is 7.11 Å². The molecular weight excluding hydrogens is 264 g/mol. The van der Waals surface area contributed by atoms with E-state index in [1.165, 1.54) is 7.11 Å². The Morgan fingerprint density at radius 2 is 1.84 bits per heavy atom. The van der Waals surface area contributed by atoms with Crippen molar-refractivity contribution in [2.24, 2.45) is 0 Å². The number of nitrogens with two attached hydrogens (primary N) is 1. The second-order valence-electron chi connectivity index (χ2n) is 3.76. The lowest BCUT2D eigenvalue weighted by molar-refractivity contribution is 0.379. The molecule has 0 unspecified atom stereocenters. The summed E-state index contributed by atoms with van der Waals surface area (Å²) in [6, 6.07) is 11.9. The summed E-state index contributed by atoms with van der Waals surface area (Å²) >= 11 is 5.83. The minimum absolute atomic E-state index is 0.353. The first-order valence-electron chi connectivity index (χ1n) is 5.45. The highest BCUT2D eigenvalue weighted by molar-refractivity contribution is 6.30. The molecule has 0 aromatic heterocycles. The third-order valence-corrected chi connectivity index (χ3v) is 2.70. The van der Waals surface area contributed by atoms with Gasteiger partial charge in [0.15, 0.2) is 11.5 Å². The van der Waals surface area contributed by atoms with Crippen molar-refractivity contribution < 1.29 is 9.47 Å². The van der Waals surface area contributed by atoms with E-state index in [-0.39, 0.29) is 0 Å². The second-order valence-corrected chi connectivity index (χ2v) is 4.20. The Balaban J connectivity index is 2.39. The van der Waals surface area contributed by atoms with Crippen LogP contribution in [0.15, 0.2) is 36.4 Å². The number of halogens is 1. The van der Waals surface area contributed by atoms with Crippen molar-refractivity contribution >= 4 is 17.3 Å². The first-order valence-corrected chi connectivity index (χ1v) is 5.83. The van der Waals surface area contributed by atoms with Crippen molar-refractivity contribution in [3.63, 3.8) is 0 Å². The number of methoxy groups -OCH3 is 1. The van der Waals surface area contributed by atoms with Gasteiger partial charge in [-0.15, -0.1) is 0 Å². The van der Waals surface area contributed by atoms with Crippen LogP contribution in [0.5, 0.6) is 17.2 Å². The maximum absolute atomic E-state index is 9.05. The Hall–Kier alpha value is -2.38. The molecule has 0 aliphatic carbocycles. The van der Waals surface area contributed by atoms with Crippen molar-refractivity contribution in [1.29, 1.82) is 5.26 Å². The topological polar surface area (TPSA) is 68.3 Å². The van der Waals surface area contributed by atoms with Crippen LogP contribution in [0.2, 0.25) is 5.02 Å². The lowest BCUT2D eigenvalue weighted by Crippen LogP contribution is -1.94. The van der Waals surface area contributed by atoms with Crippen LogP contribution in [-0.2, 0) is 0 Å². The molecule has 2 aromatic rings. The summed E-state index contributed by atoms with van der Waals surface area (Å²) < 4.78 is 10.9. The van der Waals surface area contributed by atoms with Crippen LogP contribution >= 0.6 is 11.6 Å². The Morgan fingerprint density at radius 1 is 1.11 bits per heavy atom. The standard InChI is InChI=1S/C14H11ClN2O2/c1-18-14-7-11(17)3-5-13(14)19-12-4-2-10(15)6-9(12)8-16/h2-7H,17H2,1H3. The molecule has 0 saturated heterocycles. The van der Waals surface area contributed by atoms with E-state index in [4.69, 9.17) is 32.1 Å². The minimum Gasteiger partial charge on any atom is -0.493 e. The molecule has 0 aliphatic heterocycles. The molecule has 0 bridgehead atoms. The predicted molar refractivity (Wildman–Crippen MR) is 73.6 cm³/mol. The van der Waals surface area contributed by atoms with E-state index in [0.717, 1.165) is 0 Å². The Morgan fingerprint density at radius 3 is 2.53 bits per heavy atom. The summed E-state index contributed by atoms with van der Waals surface area (Å²) in [5, 5.41) is 9.53. The number of hydrogen-bond acceptors (Lipinski definition) is 4. The largest absolute Gasteiger partial charge is 0.493 e. The van der Waals surface area contributed by atoms with Gasteiger partial charge in [0.1, 0.15) is 11.8 Å². The number of nitrogen functional groups attached to an aromatic ring is 1. The smallest absolute Gasteiger partial charge is 0.169 e. The molecule has 19 heavy (non-hydrogen) atoms. The Bertz CT molecular complexity index is 650. The Labute approximate surface area is 115 Å². The lowest BCUT2D eigenvalue weighted by Gasteiger charge is -2.11. The predicted octanol–water partition coefficient (Wildman–Crippen LogP) is 3.59. The summed E-state index contributed by atoms with van der Waals surface area (Å²) in [7, 11) is 1.52. The highest BCUT2D eigenvalue weighted by Gasteiger charge is 2.10. The first-order chi connectivity index (χ1) is 9.13. The molecule has 0 radical (unpaired) electrons. The number of hydrogen-bond donors (Lipinski definition) is 1. The average molecular weight is 275 g/mol. The lowest BCUT2D eigenvalue weighted by atomic mass is 10.2. The zero-order chi connectivity index (χ0) is 13.8. The SMILES string of the molecule is COc1cc(N)ccc1Oc1ccc(Cl)cc1C#N. The third kappa shape index (κ3) is 2.90. The summed E-state index contributed by atoms with van der Waals surface area (Å²) in [5.41, 5.74) is 6.59. The monoisotopic (exact) mass is 274 g/mol. The Kier molecular flexibility index (Phi) is 3.79. The highest BCUT2D eigenvalue weighted by Crippen LogP contribution is 2.34. The molecule has 0 saturated carbocycles. The molecule has 4 nitrogen and oxygen atoms in total. The summed E-state index contributed by atoms with van der Waals surface area (Å²) in [6.45, 7) is 0. The van der Waals surface area contributed by atoms with Crippen molar-refractivity contribution in [2.45, 2.75) is 0 Å². The fourth-order valence-electron chi connectivity index (χ4n) is 1.57. The molecular formula is C14H11ClN2O2. The fraction of sp³-hybridized carbons (Fsp3) is 0.0714. The summed E-state index contributed by atoms with van der Waals surface area (Å²) in [6.07, 6.45) is 0. The number of rotatable bonds is 3. The molecule has 5 heteroatoms. The van der Waals surface area contributed by atoms with Crippen LogP contribution in [0.3, 0.4) is 0 Å². The van der Waals surface area contributed by atoms with E-state index < -0.39 is 0 Å². The van der Waals surface area contributed by atoms with E-state index in [1.54, 1.807) is 36.4 Å². The van der Waals surface area contributed by atoms with E-state index in [0.29, 0.717) is 33.5 Å². The van der Waals surface area contributed by atoms with Gasteiger partial charge in [0.25, 0.3) is 0 Å². The van der Waals surface area contributed by atoms with Gasteiger partial charge in [-0.3, -0.25) is 0 Å². The van der Waals surface area contributed by atoms with Gasteiger partial charge in [0.2, 0.25) is 0 Å². The van der Waals surface area contributed by atoms with Gasteiger partial charge in [-0.25, -0.2) is 0 Å². The van der Waals surface area contributed by atoms with E-state index in [2.05, 4.69) is 0 Å². The number of benzene rings is 2. The molecule has 0 fully saturated rings. The zero-order valence-corrected chi connectivity index (χ0v) is 10.9. The van der Waals surface area contributed by atoms with Gasteiger partial charge in [-0.1, -0.05) is 11.6 Å². The average Bonchev–Trinajstić information content (AvgIpc) is 2.42. The van der Waals surface area contributed by atoms with Crippen molar-refractivity contribution in [1.82, 2.24) is 0 Å². The minimum atomic E-state index is 0.353. The van der Waals surface area contributed by atoms with Crippen LogP contribution in [0.4, 0.5) is 5.69 Å². The zero-order valence-electron chi connectivity index (χ0n) is 10.2. The molecule has 0 atom stereocenters. The van der Waals surface area contributed by atoms with Crippen LogP contribution < -0.4 is 15.2 Å². The summed E-state index contributed by atoms with van der Waals surface area (Å²) in [5.74, 6) is 1.39. The normalized spacial score (nSPS) is 9.74. The molecule has 0 spiro atoms. The molecule has 2 rings (SSSR count). The van der Waals surface area contributed by atoms with Gasteiger partial charge in [-0.2, -0.15) is 5.26 Å². The first kappa shape index (κ1) is 13.1. The van der Waals surface area contributed by atoms with Crippen LogP contribution in [0.1, 0.15) is 5.56 Å². The molecule has 0 amide bonds. The van der Waals surface area contributed by atoms with Crippen molar-refractivity contribution in [3.8, 4) is 23.3 Å². The molecule has 2 aromatic carbocycles. The van der Waals surface area contributed by atoms with Gasteiger partial charge < -0.3 is 15.2 Å². The van der Waals surface area contributed by atoms with Gasteiger partial charge in [-0.05, 0) is 30.3 Å².